The molecule has 84 valence electrons. The summed E-state index contributed by atoms with van der Waals surface area (Å²) >= 11 is 1.47. The summed E-state index contributed by atoms with van der Waals surface area (Å²) in [6.07, 6.45) is -1.37. The zero-order chi connectivity index (χ0) is 11.3. The molecule has 1 rings (SSSR count). The number of carbonyl (C=O) groups excluding carboxylic acids is 1. The van der Waals surface area contributed by atoms with Crippen LogP contribution in [0.1, 0.15) is 25.0 Å². The smallest absolute Gasteiger partial charge is 0.216 e. The van der Waals surface area contributed by atoms with Crippen molar-refractivity contribution in [1.29, 1.82) is 0 Å². The molecular weight excluding hydrogens is 214 g/mol. The van der Waals surface area contributed by atoms with Gasteiger partial charge in [-0.25, -0.2) is 0 Å². The van der Waals surface area contributed by atoms with E-state index in [0.29, 0.717) is 13.0 Å². The Morgan fingerprint density at radius 3 is 2.87 bits per heavy atom. The molecule has 2 atom stereocenters. The first-order valence-electron chi connectivity index (χ1n) is 4.74. The molecule has 1 aromatic rings. The maximum atomic E-state index is 10.6. The third kappa shape index (κ3) is 3.99. The number of rotatable bonds is 5. The third-order valence-electron chi connectivity index (χ3n) is 2.06. The minimum absolute atomic E-state index is 0.132. The van der Waals surface area contributed by atoms with Crippen molar-refractivity contribution in [2.45, 2.75) is 25.6 Å². The van der Waals surface area contributed by atoms with Gasteiger partial charge in [-0.2, -0.15) is 11.3 Å². The summed E-state index contributed by atoms with van der Waals surface area (Å²) in [6.45, 7) is 1.79. The summed E-state index contributed by atoms with van der Waals surface area (Å²) in [7, 11) is 0. The fourth-order valence-corrected chi connectivity index (χ4v) is 1.91. The van der Waals surface area contributed by atoms with Gasteiger partial charge in [0.1, 0.15) is 6.10 Å². The summed E-state index contributed by atoms with van der Waals surface area (Å²) in [5.74, 6) is -0.132. The van der Waals surface area contributed by atoms with E-state index >= 15 is 0 Å². The molecule has 15 heavy (non-hydrogen) atoms. The number of aliphatic hydroxyl groups excluding tert-OH is 2. The Kier molecular flexibility index (Phi) is 4.74. The normalized spacial score (nSPS) is 14.6. The second-order valence-electron chi connectivity index (χ2n) is 3.34. The van der Waals surface area contributed by atoms with Crippen LogP contribution in [0.25, 0.3) is 0 Å². The van der Waals surface area contributed by atoms with E-state index in [1.807, 2.05) is 5.38 Å². The van der Waals surface area contributed by atoms with Gasteiger partial charge in [0.25, 0.3) is 0 Å². The van der Waals surface area contributed by atoms with Crippen LogP contribution in [-0.4, -0.2) is 28.8 Å². The van der Waals surface area contributed by atoms with Crippen LogP contribution in [0.4, 0.5) is 0 Å². The SMILES string of the molecule is CC(=O)NCCC(O)C(O)c1ccsc1. The lowest BCUT2D eigenvalue weighted by Crippen LogP contribution is -2.27. The van der Waals surface area contributed by atoms with Crippen LogP contribution in [-0.2, 0) is 4.79 Å². The molecule has 1 amide bonds. The molecule has 1 heterocycles. The van der Waals surface area contributed by atoms with E-state index in [-0.39, 0.29) is 5.91 Å². The van der Waals surface area contributed by atoms with Gasteiger partial charge in [0.15, 0.2) is 0 Å². The number of hydrogen-bond donors (Lipinski definition) is 3. The Bertz CT molecular complexity index is 300. The van der Waals surface area contributed by atoms with E-state index in [1.54, 1.807) is 11.4 Å². The molecule has 2 unspecified atom stereocenters. The van der Waals surface area contributed by atoms with Gasteiger partial charge in [-0.3, -0.25) is 4.79 Å². The standard InChI is InChI=1S/C10H15NO3S/c1-7(12)11-4-2-9(13)10(14)8-3-5-15-6-8/h3,5-6,9-10,13-14H,2,4H2,1H3,(H,11,12). The number of aliphatic hydroxyl groups is 2. The first-order valence-corrected chi connectivity index (χ1v) is 5.68. The van der Waals surface area contributed by atoms with Crippen LogP contribution in [0.2, 0.25) is 0 Å². The van der Waals surface area contributed by atoms with Crippen LogP contribution >= 0.6 is 11.3 Å². The van der Waals surface area contributed by atoms with Gasteiger partial charge in [0.2, 0.25) is 5.91 Å². The summed E-state index contributed by atoms with van der Waals surface area (Å²) in [6, 6.07) is 1.77. The lowest BCUT2D eigenvalue weighted by Gasteiger charge is -2.16. The number of amides is 1. The summed E-state index contributed by atoms with van der Waals surface area (Å²) in [4.78, 5) is 10.6. The predicted molar refractivity (Wildman–Crippen MR) is 58.6 cm³/mol. The van der Waals surface area contributed by atoms with E-state index in [2.05, 4.69) is 5.32 Å². The highest BCUT2D eigenvalue weighted by molar-refractivity contribution is 7.07. The first kappa shape index (κ1) is 12.2. The largest absolute Gasteiger partial charge is 0.390 e. The minimum Gasteiger partial charge on any atom is -0.390 e. The molecule has 1 aromatic heterocycles. The molecule has 0 radical (unpaired) electrons. The molecule has 0 bridgehead atoms. The number of hydrogen-bond acceptors (Lipinski definition) is 4. The lowest BCUT2D eigenvalue weighted by molar-refractivity contribution is -0.119. The third-order valence-corrected chi connectivity index (χ3v) is 2.76. The monoisotopic (exact) mass is 229 g/mol. The molecule has 0 aliphatic heterocycles. The van der Waals surface area contributed by atoms with Crippen molar-refractivity contribution in [3.8, 4) is 0 Å². The Balaban J connectivity index is 2.33. The quantitative estimate of drug-likeness (QED) is 0.695. The first-order chi connectivity index (χ1) is 7.11. The van der Waals surface area contributed by atoms with Crippen LogP contribution in [0, 0.1) is 0 Å². The van der Waals surface area contributed by atoms with E-state index in [1.165, 1.54) is 18.3 Å². The van der Waals surface area contributed by atoms with Crippen LogP contribution in [0.15, 0.2) is 16.8 Å². The molecule has 0 saturated carbocycles. The van der Waals surface area contributed by atoms with Crippen LogP contribution in [0.3, 0.4) is 0 Å². The van der Waals surface area contributed by atoms with Gasteiger partial charge in [0, 0.05) is 13.5 Å². The predicted octanol–water partition coefficient (Wildman–Crippen LogP) is 0.669. The highest BCUT2D eigenvalue weighted by Gasteiger charge is 2.18. The van der Waals surface area contributed by atoms with Crippen molar-refractivity contribution in [1.82, 2.24) is 5.32 Å². The lowest BCUT2D eigenvalue weighted by atomic mass is 10.1. The molecule has 0 saturated heterocycles. The van der Waals surface area contributed by atoms with E-state index in [4.69, 9.17) is 0 Å². The molecule has 5 heteroatoms. The van der Waals surface area contributed by atoms with E-state index < -0.39 is 12.2 Å². The Labute approximate surface area is 92.6 Å². The second kappa shape index (κ2) is 5.85. The molecule has 0 spiro atoms. The van der Waals surface area contributed by atoms with Gasteiger partial charge in [-0.05, 0) is 28.8 Å². The van der Waals surface area contributed by atoms with Crippen molar-refractivity contribution in [3.05, 3.63) is 22.4 Å². The summed E-state index contributed by atoms with van der Waals surface area (Å²) < 4.78 is 0. The van der Waals surface area contributed by atoms with Gasteiger partial charge >= 0.3 is 0 Å². The minimum atomic E-state index is -0.870. The average molecular weight is 229 g/mol. The molecule has 0 aliphatic carbocycles. The molecule has 4 nitrogen and oxygen atoms in total. The van der Waals surface area contributed by atoms with Crippen molar-refractivity contribution in [3.63, 3.8) is 0 Å². The van der Waals surface area contributed by atoms with Gasteiger partial charge in [0.05, 0.1) is 6.10 Å². The summed E-state index contributed by atoms with van der Waals surface area (Å²) in [5.41, 5.74) is 0.718. The number of nitrogens with one attached hydrogen (secondary N) is 1. The zero-order valence-electron chi connectivity index (χ0n) is 8.51. The fraction of sp³-hybridized carbons (Fsp3) is 0.500. The van der Waals surface area contributed by atoms with Crippen molar-refractivity contribution < 1.29 is 15.0 Å². The zero-order valence-corrected chi connectivity index (χ0v) is 9.33. The van der Waals surface area contributed by atoms with Gasteiger partial charge in [-0.1, -0.05) is 0 Å². The Hall–Kier alpha value is -0.910. The highest BCUT2D eigenvalue weighted by Crippen LogP contribution is 2.20. The van der Waals surface area contributed by atoms with Crippen LogP contribution < -0.4 is 5.32 Å². The van der Waals surface area contributed by atoms with E-state index in [9.17, 15) is 15.0 Å². The number of carbonyl (C=O) groups is 1. The molecule has 0 aliphatic rings. The fourth-order valence-electron chi connectivity index (χ4n) is 1.22. The van der Waals surface area contributed by atoms with Crippen molar-refractivity contribution in [2.24, 2.45) is 0 Å². The summed E-state index contributed by atoms with van der Waals surface area (Å²) in [5, 5.41) is 25.5. The Morgan fingerprint density at radius 2 is 2.33 bits per heavy atom. The molecular formula is C10H15NO3S. The Morgan fingerprint density at radius 1 is 1.60 bits per heavy atom. The maximum Gasteiger partial charge on any atom is 0.216 e. The molecule has 0 aromatic carbocycles. The van der Waals surface area contributed by atoms with Crippen molar-refractivity contribution >= 4 is 17.2 Å². The molecule has 3 N–H and O–H groups in total. The molecule has 0 fully saturated rings. The van der Waals surface area contributed by atoms with E-state index in [0.717, 1.165) is 5.56 Å². The maximum absolute atomic E-state index is 10.6. The topological polar surface area (TPSA) is 69.6 Å². The van der Waals surface area contributed by atoms with Crippen LogP contribution in [0.5, 0.6) is 0 Å². The second-order valence-corrected chi connectivity index (χ2v) is 4.12. The van der Waals surface area contributed by atoms with Crippen molar-refractivity contribution in [2.75, 3.05) is 6.54 Å². The highest BCUT2D eigenvalue weighted by atomic mass is 32.1. The van der Waals surface area contributed by atoms with Gasteiger partial charge in [-0.15, -0.1) is 0 Å². The average Bonchev–Trinajstić information content (AvgIpc) is 2.68. The van der Waals surface area contributed by atoms with Gasteiger partial charge < -0.3 is 15.5 Å². The number of thiophene rings is 1.